The quantitative estimate of drug-likeness (QED) is 0.746. The third kappa shape index (κ3) is 3.48. The molecule has 0 saturated heterocycles. The van der Waals surface area contributed by atoms with Gasteiger partial charge in [-0.2, -0.15) is 0 Å². The minimum Gasteiger partial charge on any atom is -0.355 e. The summed E-state index contributed by atoms with van der Waals surface area (Å²) in [5.41, 5.74) is 5.04. The van der Waals surface area contributed by atoms with Crippen molar-refractivity contribution in [2.24, 2.45) is 0 Å². The molecular formula is C19H19N3O. The van der Waals surface area contributed by atoms with Gasteiger partial charge in [-0.1, -0.05) is 13.0 Å². The lowest BCUT2D eigenvalue weighted by atomic mass is 10.1. The Kier molecular flexibility index (Phi) is 4.24. The maximum absolute atomic E-state index is 11.1. The van der Waals surface area contributed by atoms with Crippen LogP contribution in [0.4, 0.5) is 17.1 Å². The highest BCUT2D eigenvalue weighted by molar-refractivity contribution is 5.93. The number of anilines is 3. The number of carbonyl (C=O) groups is 1. The predicted molar refractivity (Wildman–Crippen MR) is 95.1 cm³/mol. The van der Waals surface area contributed by atoms with Crippen LogP contribution in [-0.2, 0) is 11.2 Å². The molecule has 3 aromatic rings. The number of nitrogens with zero attached hydrogens (tertiary/aromatic N) is 1. The molecule has 116 valence electrons. The van der Waals surface area contributed by atoms with Crippen LogP contribution < -0.4 is 10.6 Å². The zero-order valence-corrected chi connectivity index (χ0v) is 13.3. The van der Waals surface area contributed by atoms with Gasteiger partial charge in [0.1, 0.15) is 0 Å². The lowest BCUT2D eigenvalue weighted by Crippen LogP contribution is -2.05. The third-order valence-electron chi connectivity index (χ3n) is 3.70. The standard InChI is InChI=1S/C19H19N3O/c1-3-14-4-9-18-17(12-14)19(10-11-20-18)22-16-7-5-15(6-8-16)21-13(2)23/h4-12H,3H2,1-2H3,(H,20,22)(H,21,23). The SMILES string of the molecule is CCc1ccc2nccc(Nc3ccc(NC(C)=O)cc3)c2c1. The highest BCUT2D eigenvalue weighted by atomic mass is 16.1. The van der Waals surface area contributed by atoms with E-state index in [1.54, 1.807) is 0 Å². The molecule has 2 aromatic carbocycles. The molecule has 1 aromatic heterocycles. The molecule has 1 heterocycles. The van der Waals surface area contributed by atoms with Gasteiger partial charge in [0.25, 0.3) is 0 Å². The Morgan fingerprint density at radius 2 is 1.78 bits per heavy atom. The van der Waals surface area contributed by atoms with Crippen molar-refractivity contribution in [2.45, 2.75) is 20.3 Å². The number of aryl methyl sites for hydroxylation is 1. The number of benzene rings is 2. The van der Waals surface area contributed by atoms with Crippen molar-refractivity contribution in [3.63, 3.8) is 0 Å². The average molecular weight is 305 g/mol. The van der Waals surface area contributed by atoms with Crippen molar-refractivity contribution >= 4 is 33.9 Å². The van der Waals surface area contributed by atoms with E-state index in [1.807, 2.05) is 36.5 Å². The van der Waals surface area contributed by atoms with Gasteiger partial charge in [0.05, 0.1) is 5.52 Å². The Morgan fingerprint density at radius 3 is 2.48 bits per heavy atom. The average Bonchev–Trinajstić information content (AvgIpc) is 2.56. The summed E-state index contributed by atoms with van der Waals surface area (Å²) in [6.45, 7) is 3.64. The van der Waals surface area contributed by atoms with Gasteiger partial charge >= 0.3 is 0 Å². The molecule has 4 heteroatoms. The molecule has 0 aliphatic carbocycles. The number of rotatable bonds is 4. The van der Waals surface area contributed by atoms with Crippen LogP contribution in [0.3, 0.4) is 0 Å². The van der Waals surface area contributed by atoms with Crippen molar-refractivity contribution < 1.29 is 4.79 Å². The largest absolute Gasteiger partial charge is 0.355 e. The Morgan fingerprint density at radius 1 is 1.04 bits per heavy atom. The van der Waals surface area contributed by atoms with Gasteiger partial charge in [0.2, 0.25) is 5.91 Å². The topological polar surface area (TPSA) is 54.0 Å². The van der Waals surface area contributed by atoms with Gasteiger partial charge < -0.3 is 10.6 Å². The zero-order valence-electron chi connectivity index (χ0n) is 13.3. The first-order chi connectivity index (χ1) is 11.2. The molecule has 0 atom stereocenters. The number of pyridine rings is 1. The first-order valence-electron chi connectivity index (χ1n) is 7.68. The van der Waals surface area contributed by atoms with Crippen molar-refractivity contribution in [3.05, 3.63) is 60.3 Å². The monoisotopic (exact) mass is 305 g/mol. The van der Waals surface area contributed by atoms with E-state index in [0.29, 0.717) is 0 Å². The smallest absolute Gasteiger partial charge is 0.221 e. The molecule has 4 nitrogen and oxygen atoms in total. The third-order valence-corrected chi connectivity index (χ3v) is 3.70. The summed E-state index contributed by atoms with van der Waals surface area (Å²) in [5.74, 6) is -0.0714. The first kappa shape index (κ1) is 15.0. The number of nitrogens with one attached hydrogen (secondary N) is 2. The van der Waals surface area contributed by atoms with E-state index in [9.17, 15) is 4.79 Å². The van der Waals surface area contributed by atoms with Crippen LogP contribution in [0.15, 0.2) is 54.7 Å². The molecule has 0 radical (unpaired) electrons. The van der Waals surface area contributed by atoms with Gasteiger partial charge in [-0.05, 0) is 54.4 Å². The lowest BCUT2D eigenvalue weighted by Gasteiger charge is -2.11. The van der Waals surface area contributed by atoms with Crippen molar-refractivity contribution in [2.75, 3.05) is 10.6 Å². The first-order valence-corrected chi connectivity index (χ1v) is 7.68. The summed E-state index contributed by atoms with van der Waals surface area (Å²) in [7, 11) is 0. The normalized spacial score (nSPS) is 10.5. The zero-order chi connectivity index (χ0) is 16.2. The van der Waals surface area contributed by atoms with Gasteiger partial charge in [-0.15, -0.1) is 0 Å². The number of aromatic nitrogens is 1. The van der Waals surface area contributed by atoms with E-state index < -0.39 is 0 Å². The summed E-state index contributed by atoms with van der Waals surface area (Å²) in [6.07, 6.45) is 2.80. The molecule has 0 bridgehead atoms. The van der Waals surface area contributed by atoms with E-state index in [4.69, 9.17) is 0 Å². The summed E-state index contributed by atoms with van der Waals surface area (Å²) in [4.78, 5) is 15.5. The fourth-order valence-corrected chi connectivity index (χ4v) is 2.52. The molecule has 23 heavy (non-hydrogen) atoms. The second-order valence-electron chi connectivity index (χ2n) is 5.45. The van der Waals surface area contributed by atoms with E-state index in [2.05, 4.69) is 40.7 Å². The molecule has 0 aliphatic heterocycles. The Balaban J connectivity index is 1.90. The summed E-state index contributed by atoms with van der Waals surface area (Å²) in [6, 6.07) is 16.0. The summed E-state index contributed by atoms with van der Waals surface area (Å²) < 4.78 is 0. The highest BCUT2D eigenvalue weighted by Gasteiger charge is 2.04. The van der Waals surface area contributed by atoms with Gasteiger partial charge in [-0.3, -0.25) is 9.78 Å². The van der Waals surface area contributed by atoms with Crippen molar-refractivity contribution in [3.8, 4) is 0 Å². The Labute approximate surface area is 135 Å². The minimum atomic E-state index is -0.0714. The number of hydrogen-bond acceptors (Lipinski definition) is 3. The van der Waals surface area contributed by atoms with E-state index in [1.165, 1.54) is 12.5 Å². The maximum atomic E-state index is 11.1. The molecule has 3 rings (SSSR count). The van der Waals surface area contributed by atoms with Crippen LogP contribution in [0.1, 0.15) is 19.4 Å². The lowest BCUT2D eigenvalue weighted by molar-refractivity contribution is -0.114. The van der Waals surface area contributed by atoms with Crippen LogP contribution >= 0.6 is 0 Å². The molecule has 0 unspecified atom stereocenters. The molecule has 0 spiro atoms. The van der Waals surface area contributed by atoms with Crippen LogP contribution in [-0.4, -0.2) is 10.9 Å². The Bertz CT molecular complexity index is 841. The molecule has 1 amide bonds. The number of carbonyl (C=O) groups excluding carboxylic acids is 1. The van der Waals surface area contributed by atoms with Crippen LogP contribution in [0.25, 0.3) is 10.9 Å². The van der Waals surface area contributed by atoms with E-state index in [-0.39, 0.29) is 5.91 Å². The number of amides is 1. The van der Waals surface area contributed by atoms with E-state index in [0.717, 1.165) is 34.4 Å². The highest BCUT2D eigenvalue weighted by Crippen LogP contribution is 2.26. The van der Waals surface area contributed by atoms with Gasteiger partial charge in [-0.25, -0.2) is 0 Å². The molecular weight excluding hydrogens is 286 g/mol. The van der Waals surface area contributed by atoms with Crippen LogP contribution in [0.2, 0.25) is 0 Å². The Hall–Kier alpha value is -2.88. The van der Waals surface area contributed by atoms with Crippen molar-refractivity contribution in [1.82, 2.24) is 4.98 Å². The number of fused-ring (bicyclic) bond motifs is 1. The summed E-state index contributed by atoms with van der Waals surface area (Å²) in [5, 5.41) is 7.30. The summed E-state index contributed by atoms with van der Waals surface area (Å²) >= 11 is 0. The minimum absolute atomic E-state index is 0.0714. The molecule has 0 fully saturated rings. The predicted octanol–water partition coefficient (Wildman–Crippen LogP) is 4.50. The van der Waals surface area contributed by atoms with Crippen molar-refractivity contribution in [1.29, 1.82) is 0 Å². The molecule has 0 aliphatic rings. The molecule has 2 N–H and O–H groups in total. The fourth-order valence-electron chi connectivity index (χ4n) is 2.52. The second-order valence-corrected chi connectivity index (χ2v) is 5.45. The van der Waals surface area contributed by atoms with Crippen LogP contribution in [0.5, 0.6) is 0 Å². The number of hydrogen-bond donors (Lipinski definition) is 2. The van der Waals surface area contributed by atoms with Crippen LogP contribution in [0, 0.1) is 0 Å². The fraction of sp³-hybridized carbons (Fsp3) is 0.158. The molecule has 0 saturated carbocycles. The van der Waals surface area contributed by atoms with E-state index >= 15 is 0 Å². The second kappa shape index (κ2) is 6.48. The van der Waals surface area contributed by atoms with Gasteiger partial charge in [0.15, 0.2) is 0 Å². The maximum Gasteiger partial charge on any atom is 0.221 e. The van der Waals surface area contributed by atoms with Gasteiger partial charge in [0, 0.05) is 35.6 Å².